The van der Waals surface area contributed by atoms with E-state index in [1.807, 2.05) is 31.2 Å². The molecule has 0 saturated heterocycles. The van der Waals surface area contributed by atoms with Gasteiger partial charge in [-0.15, -0.1) is 11.8 Å². The van der Waals surface area contributed by atoms with E-state index in [0.29, 0.717) is 6.42 Å². The van der Waals surface area contributed by atoms with Crippen molar-refractivity contribution < 1.29 is 14.3 Å². The number of thioether (sulfide) groups is 1. The average Bonchev–Trinajstić information content (AvgIpc) is 2.37. The van der Waals surface area contributed by atoms with E-state index in [1.54, 1.807) is 25.8 Å². The van der Waals surface area contributed by atoms with Gasteiger partial charge in [0.25, 0.3) is 0 Å². The van der Waals surface area contributed by atoms with Crippen LogP contribution in [0.3, 0.4) is 0 Å². The van der Waals surface area contributed by atoms with Crippen LogP contribution in [0.2, 0.25) is 0 Å². The molecule has 2 atom stereocenters. The Hall–Kier alpha value is -1.20. The molecule has 0 aliphatic heterocycles. The lowest BCUT2D eigenvalue weighted by atomic mass is 9.98. The zero-order chi connectivity index (χ0) is 14.5. The van der Waals surface area contributed by atoms with Gasteiger partial charge in [-0.3, -0.25) is 4.79 Å². The van der Waals surface area contributed by atoms with E-state index in [-0.39, 0.29) is 11.2 Å². The van der Waals surface area contributed by atoms with Crippen LogP contribution in [0.5, 0.6) is 5.75 Å². The van der Waals surface area contributed by atoms with Gasteiger partial charge in [0.15, 0.2) is 0 Å². The number of nitrogens with two attached hydrogens (primary N) is 1. The smallest absolute Gasteiger partial charge is 0.325 e. The van der Waals surface area contributed by atoms with Gasteiger partial charge in [-0.1, -0.05) is 6.92 Å². The maximum Gasteiger partial charge on any atom is 0.325 e. The number of rotatable bonds is 6. The molecule has 4 nitrogen and oxygen atoms in total. The number of benzene rings is 1. The Bertz CT molecular complexity index is 417. The van der Waals surface area contributed by atoms with E-state index in [2.05, 4.69) is 0 Å². The highest BCUT2D eigenvalue weighted by Crippen LogP contribution is 2.29. The molecule has 0 fully saturated rings. The van der Waals surface area contributed by atoms with Crippen LogP contribution >= 0.6 is 11.8 Å². The molecule has 0 aliphatic rings. The molecule has 0 spiro atoms. The second-order valence-electron chi connectivity index (χ2n) is 4.72. The van der Waals surface area contributed by atoms with Gasteiger partial charge in [0, 0.05) is 10.1 Å². The van der Waals surface area contributed by atoms with Gasteiger partial charge in [0.1, 0.15) is 11.3 Å². The zero-order valence-corrected chi connectivity index (χ0v) is 12.6. The Morgan fingerprint density at radius 2 is 1.95 bits per heavy atom. The first-order chi connectivity index (χ1) is 8.89. The average molecular weight is 283 g/mol. The van der Waals surface area contributed by atoms with Crippen molar-refractivity contribution in [3.05, 3.63) is 24.3 Å². The maximum absolute atomic E-state index is 11.5. The normalized spacial score (nSPS) is 15.4. The van der Waals surface area contributed by atoms with Crippen molar-refractivity contribution in [3.63, 3.8) is 0 Å². The number of carbonyl (C=O) groups is 1. The Kier molecular flexibility index (Phi) is 5.69. The summed E-state index contributed by atoms with van der Waals surface area (Å²) in [5, 5.41) is 0.211. The molecule has 1 aromatic rings. The Morgan fingerprint density at radius 3 is 2.42 bits per heavy atom. The SMILES string of the molecule is COC(=O)C(C)(N)CC(C)Sc1ccc(OC)cc1. The molecule has 5 heteroatoms. The number of esters is 1. The van der Waals surface area contributed by atoms with E-state index in [9.17, 15) is 4.79 Å². The fourth-order valence-electron chi connectivity index (χ4n) is 1.84. The molecule has 0 saturated carbocycles. The maximum atomic E-state index is 11.5. The summed E-state index contributed by atoms with van der Waals surface area (Å²) in [6, 6.07) is 7.81. The van der Waals surface area contributed by atoms with Crippen molar-refractivity contribution in [1.82, 2.24) is 0 Å². The van der Waals surface area contributed by atoms with Gasteiger partial charge in [-0.2, -0.15) is 0 Å². The summed E-state index contributed by atoms with van der Waals surface area (Å²) >= 11 is 1.67. The second kappa shape index (κ2) is 6.82. The summed E-state index contributed by atoms with van der Waals surface area (Å²) < 4.78 is 9.82. The third-order valence-corrected chi connectivity index (χ3v) is 3.87. The van der Waals surface area contributed by atoms with E-state index >= 15 is 0 Å². The highest BCUT2D eigenvalue weighted by atomic mass is 32.2. The van der Waals surface area contributed by atoms with Crippen molar-refractivity contribution in [1.29, 1.82) is 0 Å². The standard InChI is InChI=1S/C14H21NO3S/c1-10(9-14(2,15)13(16)18-4)19-12-7-5-11(17-3)6-8-12/h5-8,10H,9,15H2,1-4H3. The summed E-state index contributed by atoms with van der Waals surface area (Å²) in [4.78, 5) is 12.7. The van der Waals surface area contributed by atoms with Gasteiger partial charge in [-0.25, -0.2) is 0 Å². The lowest BCUT2D eigenvalue weighted by molar-refractivity contribution is -0.146. The summed E-state index contributed by atoms with van der Waals surface area (Å²) in [6.07, 6.45) is 0.552. The summed E-state index contributed by atoms with van der Waals surface area (Å²) in [5.41, 5.74) is 5.01. The number of methoxy groups -OCH3 is 2. The first kappa shape index (κ1) is 15.9. The number of ether oxygens (including phenoxy) is 2. The predicted molar refractivity (Wildman–Crippen MR) is 77.5 cm³/mol. The molecular weight excluding hydrogens is 262 g/mol. The summed E-state index contributed by atoms with van der Waals surface area (Å²) in [5.74, 6) is 0.449. The monoisotopic (exact) mass is 283 g/mol. The van der Waals surface area contributed by atoms with Gasteiger partial charge in [0.05, 0.1) is 14.2 Å². The number of hydrogen-bond acceptors (Lipinski definition) is 5. The minimum Gasteiger partial charge on any atom is -0.497 e. The molecule has 2 N–H and O–H groups in total. The van der Waals surface area contributed by atoms with Gasteiger partial charge in [-0.05, 0) is 37.6 Å². The molecule has 0 aromatic heterocycles. The molecule has 1 rings (SSSR count). The van der Waals surface area contributed by atoms with Crippen molar-refractivity contribution in [3.8, 4) is 5.75 Å². The van der Waals surface area contributed by atoms with Crippen LogP contribution in [0.1, 0.15) is 20.3 Å². The Morgan fingerprint density at radius 1 is 1.37 bits per heavy atom. The second-order valence-corrected chi connectivity index (χ2v) is 6.23. The van der Waals surface area contributed by atoms with Crippen molar-refractivity contribution in [2.45, 2.75) is 36.0 Å². The highest BCUT2D eigenvalue weighted by molar-refractivity contribution is 7.99. The van der Waals surface area contributed by atoms with Crippen molar-refractivity contribution in [2.24, 2.45) is 5.73 Å². The van der Waals surface area contributed by atoms with Crippen LogP contribution in [0.25, 0.3) is 0 Å². The van der Waals surface area contributed by atoms with Crippen LogP contribution < -0.4 is 10.5 Å². The largest absolute Gasteiger partial charge is 0.497 e. The molecule has 0 amide bonds. The summed E-state index contributed by atoms with van der Waals surface area (Å²) in [7, 11) is 3.00. The third-order valence-electron chi connectivity index (χ3n) is 2.76. The molecule has 19 heavy (non-hydrogen) atoms. The van der Waals surface area contributed by atoms with E-state index in [4.69, 9.17) is 15.2 Å². The van der Waals surface area contributed by atoms with Gasteiger partial charge < -0.3 is 15.2 Å². The first-order valence-electron chi connectivity index (χ1n) is 6.07. The van der Waals surface area contributed by atoms with Crippen LogP contribution in [0.15, 0.2) is 29.2 Å². The molecule has 1 aromatic carbocycles. The topological polar surface area (TPSA) is 61.5 Å². The fraction of sp³-hybridized carbons (Fsp3) is 0.500. The molecule has 106 valence electrons. The Labute approximate surface area is 118 Å². The Balaban J connectivity index is 2.59. The number of carbonyl (C=O) groups excluding carboxylic acids is 1. The molecule has 0 aliphatic carbocycles. The van der Waals surface area contributed by atoms with Crippen LogP contribution in [0.4, 0.5) is 0 Å². The lowest BCUT2D eigenvalue weighted by Crippen LogP contribution is -2.47. The first-order valence-corrected chi connectivity index (χ1v) is 6.95. The molecule has 2 unspecified atom stereocenters. The minimum absolute atomic E-state index is 0.211. The van der Waals surface area contributed by atoms with Crippen LogP contribution in [-0.4, -0.2) is 31.0 Å². The minimum atomic E-state index is -0.951. The van der Waals surface area contributed by atoms with Crippen molar-refractivity contribution in [2.75, 3.05) is 14.2 Å². The third kappa shape index (κ3) is 4.76. The lowest BCUT2D eigenvalue weighted by Gasteiger charge is -2.24. The number of hydrogen-bond donors (Lipinski definition) is 1. The summed E-state index contributed by atoms with van der Waals surface area (Å²) in [6.45, 7) is 3.74. The highest BCUT2D eigenvalue weighted by Gasteiger charge is 2.31. The van der Waals surface area contributed by atoms with Crippen LogP contribution in [0, 0.1) is 0 Å². The molecule has 0 bridgehead atoms. The van der Waals surface area contributed by atoms with Gasteiger partial charge in [0.2, 0.25) is 0 Å². The van der Waals surface area contributed by atoms with E-state index in [1.165, 1.54) is 7.11 Å². The van der Waals surface area contributed by atoms with E-state index < -0.39 is 5.54 Å². The zero-order valence-electron chi connectivity index (χ0n) is 11.8. The van der Waals surface area contributed by atoms with Crippen molar-refractivity contribution >= 4 is 17.7 Å². The van der Waals surface area contributed by atoms with E-state index in [0.717, 1.165) is 10.6 Å². The van der Waals surface area contributed by atoms with Crippen LogP contribution in [-0.2, 0) is 9.53 Å². The quantitative estimate of drug-likeness (QED) is 0.642. The fourth-order valence-corrected chi connectivity index (χ4v) is 3.03. The predicted octanol–water partition coefficient (Wildman–Crippen LogP) is 2.46. The molecular formula is C14H21NO3S. The molecule has 0 radical (unpaired) electrons. The van der Waals surface area contributed by atoms with Gasteiger partial charge >= 0.3 is 5.97 Å². The molecule has 0 heterocycles.